The van der Waals surface area contributed by atoms with Gasteiger partial charge < -0.3 is 14.4 Å². The molecule has 2 aliphatic rings. The van der Waals surface area contributed by atoms with Crippen LogP contribution in [0, 0.1) is 6.92 Å². The van der Waals surface area contributed by atoms with E-state index in [0.717, 1.165) is 48.5 Å². The number of aromatic amines is 1. The number of para-hydroxylation sites is 2. The fourth-order valence-electron chi connectivity index (χ4n) is 4.35. The van der Waals surface area contributed by atoms with Gasteiger partial charge in [0.15, 0.2) is 0 Å². The number of anilines is 1. The molecule has 0 spiro atoms. The summed E-state index contributed by atoms with van der Waals surface area (Å²) < 4.78 is 1.95. The van der Waals surface area contributed by atoms with E-state index in [1.54, 1.807) is 4.90 Å². The summed E-state index contributed by atoms with van der Waals surface area (Å²) in [5.41, 5.74) is 3.22. The van der Waals surface area contributed by atoms with E-state index in [0.29, 0.717) is 31.0 Å². The molecule has 1 N–H and O–H groups in total. The number of carbonyl (C=O) groups excluding carboxylic acids is 1. The van der Waals surface area contributed by atoms with Gasteiger partial charge in [-0.2, -0.15) is 0 Å². The van der Waals surface area contributed by atoms with Crippen molar-refractivity contribution in [1.29, 1.82) is 0 Å². The third-order valence-corrected chi connectivity index (χ3v) is 5.96. The molecule has 1 aromatic carbocycles. The molecule has 4 heterocycles. The average Bonchev–Trinajstić information content (AvgIpc) is 3.36. The van der Waals surface area contributed by atoms with E-state index < -0.39 is 0 Å². The number of hydrogen-bond acceptors (Lipinski definition) is 5. The number of aromatic nitrogens is 4. The number of nitrogens with one attached hydrogen (secondary N) is 1. The van der Waals surface area contributed by atoms with Gasteiger partial charge in [0.1, 0.15) is 12.4 Å². The van der Waals surface area contributed by atoms with E-state index in [2.05, 4.69) is 14.9 Å². The molecule has 5 rings (SSSR count). The highest BCUT2D eigenvalue weighted by molar-refractivity contribution is 5.81. The maximum absolute atomic E-state index is 13.1. The monoisotopic (exact) mass is 392 g/mol. The number of aryl methyl sites for hydroxylation is 1. The van der Waals surface area contributed by atoms with Gasteiger partial charge in [-0.1, -0.05) is 12.1 Å². The van der Waals surface area contributed by atoms with Crippen LogP contribution in [0.15, 0.2) is 29.1 Å². The molecule has 8 nitrogen and oxygen atoms in total. The molecule has 150 valence electrons. The van der Waals surface area contributed by atoms with Crippen LogP contribution >= 0.6 is 0 Å². The van der Waals surface area contributed by atoms with E-state index in [-0.39, 0.29) is 18.0 Å². The van der Waals surface area contributed by atoms with Crippen molar-refractivity contribution in [3.8, 4) is 0 Å². The fraction of sp³-hybridized carbons (Fsp3) is 0.429. The Kier molecular flexibility index (Phi) is 4.34. The van der Waals surface area contributed by atoms with Gasteiger partial charge in [0.05, 0.1) is 23.3 Å². The first-order valence-electron chi connectivity index (χ1n) is 10.2. The van der Waals surface area contributed by atoms with E-state index in [4.69, 9.17) is 4.98 Å². The van der Waals surface area contributed by atoms with Gasteiger partial charge in [-0.15, -0.1) is 0 Å². The molecule has 2 aliphatic heterocycles. The molecule has 0 radical (unpaired) electrons. The average molecular weight is 392 g/mol. The van der Waals surface area contributed by atoms with Crippen LogP contribution in [0.2, 0.25) is 0 Å². The minimum atomic E-state index is -0.0690. The van der Waals surface area contributed by atoms with Gasteiger partial charge >= 0.3 is 0 Å². The Labute approximate surface area is 168 Å². The highest BCUT2D eigenvalue weighted by Gasteiger charge is 2.26. The Bertz CT molecular complexity index is 1140. The maximum Gasteiger partial charge on any atom is 0.255 e. The van der Waals surface area contributed by atoms with Gasteiger partial charge in [0.2, 0.25) is 11.9 Å². The van der Waals surface area contributed by atoms with Crippen LogP contribution in [0.4, 0.5) is 5.95 Å². The van der Waals surface area contributed by atoms with Crippen LogP contribution < -0.4 is 10.5 Å². The van der Waals surface area contributed by atoms with Crippen molar-refractivity contribution in [3.63, 3.8) is 0 Å². The summed E-state index contributed by atoms with van der Waals surface area (Å²) in [5, 5.41) is 0. The van der Waals surface area contributed by atoms with Crippen molar-refractivity contribution < 1.29 is 4.79 Å². The molecule has 0 aliphatic carbocycles. The van der Waals surface area contributed by atoms with Crippen LogP contribution in [-0.4, -0.2) is 50.0 Å². The van der Waals surface area contributed by atoms with Crippen molar-refractivity contribution in [3.05, 3.63) is 51.7 Å². The standard InChI is InChI=1S/C21H24N6O2/c1-14-22-16-6-2-3-7-18(16)27(14)13-19(28)26-11-8-15-17(12-26)23-21(24-20(15)29)25-9-4-5-10-25/h2-3,6-7H,4-5,8-13H2,1H3,(H,23,24,29). The molecule has 1 amide bonds. The number of nitrogens with zero attached hydrogens (tertiary/aromatic N) is 5. The summed E-state index contributed by atoms with van der Waals surface area (Å²) in [4.78, 5) is 41.7. The third-order valence-electron chi connectivity index (χ3n) is 5.96. The van der Waals surface area contributed by atoms with Crippen molar-refractivity contribution in [2.75, 3.05) is 24.5 Å². The zero-order valence-corrected chi connectivity index (χ0v) is 16.5. The van der Waals surface area contributed by atoms with Gasteiger partial charge in [0, 0.05) is 25.2 Å². The largest absolute Gasteiger partial charge is 0.342 e. The van der Waals surface area contributed by atoms with Gasteiger partial charge in [0.25, 0.3) is 5.56 Å². The molecule has 0 atom stereocenters. The first-order chi connectivity index (χ1) is 14.1. The molecule has 1 fully saturated rings. The van der Waals surface area contributed by atoms with E-state index in [9.17, 15) is 9.59 Å². The lowest BCUT2D eigenvalue weighted by atomic mass is 10.1. The molecule has 1 saturated heterocycles. The molecular weight excluding hydrogens is 368 g/mol. The maximum atomic E-state index is 13.1. The molecule has 0 unspecified atom stereocenters. The van der Waals surface area contributed by atoms with Crippen LogP contribution in [0.1, 0.15) is 29.9 Å². The Morgan fingerprint density at radius 3 is 2.76 bits per heavy atom. The zero-order valence-electron chi connectivity index (χ0n) is 16.5. The molecule has 0 bridgehead atoms. The quantitative estimate of drug-likeness (QED) is 0.732. The minimum absolute atomic E-state index is 0.0201. The Hall–Kier alpha value is -3.16. The molecule has 3 aromatic rings. The van der Waals surface area contributed by atoms with E-state index >= 15 is 0 Å². The van der Waals surface area contributed by atoms with E-state index in [1.165, 1.54) is 0 Å². The number of benzene rings is 1. The second kappa shape index (κ2) is 7.02. The molecule has 2 aromatic heterocycles. The highest BCUT2D eigenvalue weighted by Crippen LogP contribution is 2.21. The predicted octanol–water partition coefficient (Wildman–Crippen LogP) is 1.61. The van der Waals surface area contributed by atoms with Gasteiger partial charge in [-0.25, -0.2) is 9.97 Å². The number of hydrogen-bond donors (Lipinski definition) is 1. The number of fused-ring (bicyclic) bond motifs is 2. The van der Waals surface area contributed by atoms with Crippen LogP contribution in [0.25, 0.3) is 11.0 Å². The molecule has 29 heavy (non-hydrogen) atoms. The number of imidazole rings is 1. The molecule has 0 saturated carbocycles. The lowest BCUT2D eigenvalue weighted by Gasteiger charge is -2.29. The lowest BCUT2D eigenvalue weighted by Crippen LogP contribution is -2.41. The van der Waals surface area contributed by atoms with Crippen molar-refractivity contribution >= 4 is 22.9 Å². The zero-order chi connectivity index (χ0) is 20.0. The van der Waals surface area contributed by atoms with Crippen LogP contribution in [0.3, 0.4) is 0 Å². The highest BCUT2D eigenvalue weighted by atomic mass is 16.2. The summed E-state index contributed by atoms with van der Waals surface area (Å²) in [5.74, 6) is 1.48. The number of rotatable bonds is 3. The number of amides is 1. The smallest absolute Gasteiger partial charge is 0.255 e. The van der Waals surface area contributed by atoms with Crippen molar-refractivity contribution in [2.45, 2.75) is 39.3 Å². The SMILES string of the molecule is Cc1nc2ccccc2n1CC(=O)N1CCc2c(nc(N3CCCC3)[nH]c2=O)C1. The third kappa shape index (κ3) is 3.18. The van der Waals surface area contributed by atoms with Crippen molar-refractivity contribution in [2.24, 2.45) is 0 Å². The number of H-pyrrole nitrogens is 1. The minimum Gasteiger partial charge on any atom is -0.342 e. The van der Waals surface area contributed by atoms with Gasteiger partial charge in [-0.3, -0.25) is 14.6 Å². The first kappa shape index (κ1) is 17.9. The summed E-state index contributed by atoms with van der Waals surface area (Å²) in [6.45, 7) is 4.90. The van der Waals surface area contributed by atoms with Crippen molar-refractivity contribution in [1.82, 2.24) is 24.4 Å². The van der Waals surface area contributed by atoms with Crippen LogP contribution in [-0.2, 0) is 24.3 Å². The Morgan fingerprint density at radius 2 is 1.93 bits per heavy atom. The van der Waals surface area contributed by atoms with Crippen LogP contribution in [0.5, 0.6) is 0 Å². The number of carbonyl (C=O) groups is 1. The second-order valence-electron chi connectivity index (χ2n) is 7.81. The lowest BCUT2D eigenvalue weighted by molar-refractivity contribution is -0.132. The summed E-state index contributed by atoms with van der Waals surface area (Å²) in [6, 6.07) is 7.84. The topological polar surface area (TPSA) is 87.1 Å². The fourth-order valence-corrected chi connectivity index (χ4v) is 4.35. The predicted molar refractivity (Wildman–Crippen MR) is 110 cm³/mol. The Morgan fingerprint density at radius 1 is 1.14 bits per heavy atom. The Balaban J connectivity index is 1.39. The van der Waals surface area contributed by atoms with Gasteiger partial charge in [-0.05, 0) is 38.3 Å². The molecular formula is C21H24N6O2. The normalized spacial score (nSPS) is 16.4. The van der Waals surface area contributed by atoms with E-state index in [1.807, 2.05) is 35.8 Å². The summed E-state index contributed by atoms with van der Waals surface area (Å²) in [7, 11) is 0. The molecule has 8 heteroatoms. The summed E-state index contributed by atoms with van der Waals surface area (Å²) >= 11 is 0. The first-order valence-corrected chi connectivity index (χ1v) is 10.2. The second-order valence-corrected chi connectivity index (χ2v) is 7.81. The summed E-state index contributed by atoms with van der Waals surface area (Å²) in [6.07, 6.45) is 2.76.